The fraction of sp³-hybridized carbons (Fsp3) is 0.583. The van der Waals surface area contributed by atoms with Crippen molar-refractivity contribution in [2.45, 2.75) is 32.4 Å². The summed E-state index contributed by atoms with van der Waals surface area (Å²) in [6.07, 6.45) is 0. The Hall–Kier alpha value is -1.67. The highest BCUT2D eigenvalue weighted by Crippen LogP contribution is 2.10. The molecule has 1 heterocycles. The number of nitrogens with zero attached hydrogens (tertiary/aromatic N) is 2. The van der Waals surface area contributed by atoms with Gasteiger partial charge in [-0.1, -0.05) is 19.6 Å². The first-order valence-electron chi connectivity index (χ1n) is 6.22. The molecular weight excluding hydrogens is 280 g/mol. The van der Waals surface area contributed by atoms with Gasteiger partial charge in [-0.25, -0.2) is 14.3 Å². The van der Waals surface area contributed by atoms with Gasteiger partial charge in [-0.3, -0.25) is 0 Å². The first-order chi connectivity index (χ1) is 9.24. The number of hydrogen-bond donors (Lipinski definition) is 1. The predicted octanol–water partition coefficient (Wildman–Crippen LogP) is 1.68. The Labute approximate surface area is 118 Å². The summed E-state index contributed by atoms with van der Waals surface area (Å²) >= 11 is 0. The molecule has 0 saturated carbocycles. The molecule has 0 unspecified atom stereocenters. The molecule has 0 saturated heterocycles. The second-order valence-corrected chi connectivity index (χ2v) is 11.2. The summed E-state index contributed by atoms with van der Waals surface area (Å²) in [4.78, 5) is 22.4. The average molecular weight is 300 g/mol. The molecule has 1 aromatic rings. The van der Waals surface area contributed by atoms with Gasteiger partial charge in [0.15, 0.2) is 5.69 Å². The molecular formula is C12H20N2O5Si. The highest BCUT2D eigenvalue weighted by Gasteiger charge is 2.19. The third-order valence-electron chi connectivity index (χ3n) is 2.60. The standard InChI is InChI=1S/C12H20N2O5Si/c1-18-12(17)10-7-9(11(15)16)13-14(10)8-19-5-6-20(2,3)4/h7H,5-6,8H2,1-4H3,(H,15,16). The molecule has 8 heteroatoms. The number of carboxylic acids is 1. The van der Waals surface area contributed by atoms with Crippen molar-refractivity contribution in [3.05, 3.63) is 17.5 Å². The van der Waals surface area contributed by atoms with Gasteiger partial charge in [0.2, 0.25) is 0 Å². The molecule has 0 radical (unpaired) electrons. The number of esters is 1. The van der Waals surface area contributed by atoms with Crippen LogP contribution in [0.25, 0.3) is 0 Å². The van der Waals surface area contributed by atoms with Crippen LogP contribution in [0.4, 0.5) is 0 Å². The van der Waals surface area contributed by atoms with Crippen LogP contribution in [-0.2, 0) is 16.2 Å². The zero-order chi connectivity index (χ0) is 15.3. The van der Waals surface area contributed by atoms with Crippen molar-refractivity contribution < 1.29 is 24.2 Å². The lowest BCUT2D eigenvalue weighted by Gasteiger charge is -2.15. The Kier molecular flexibility index (Phi) is 5.46. The van der Waals surface area contributed by atoms with E-state index in [1.807, 2.05) is 0 Å². The summed E-state index contributed by atoms with van der Waals surface area (Å²) in [5.41, 5.74) is -0.142. The van der Waals surface area contributed by atoms with E-state index in [-0.39, 0.29) is 18.1 Å². The molecule has 0 aromatic carbocycles. The van der Waals surface area contributed by atoms with Crippen LogP contribution in [0.3, 0.4) is 0 Å². The van der Waals surface area contributed by atoms with Crippen molar-refractivity contribution >= 4 is 20.0 Å². The molecule has 112 valence electrons. The van der Waals surface area contributed by atoms with Gasteiger partial charge in [0.25, 0.3) is 0 Å². The molecule has 1 aromatic heterocycles. The van der Waals surface area contributed by atoms with Gasteiger partial charge in [-0.05, 0) is 6.04 Å². The van der Waals surface area contributed by atoms with E-state index in [9.17, 15) is 9.59 Å². The van der Waals surface area contributed by atoms with Crippen molar-refractivity contribution in [1.29, 1.82) is 0 Å². The molecule has 0 spiro atoms. The molecule has 0 aliphatic heterocycles. The lowest BCUT2D eigenvalue weighted by atomic mass is 10.3. The largest absolute Gasteiger partial charge is 0.476 e. The van der Waals surface area contributed by atoms with Crippen LogP contribution in [0.1, 0.15) is 21.0 Å². The number of carbonyl (C=O) groups excluding carboxylic acids is 1. The van der Waals surface area contributed by atoms with E-state index in [2.05, 4.69) is 29.5 Å². The van der Waals surface area contributed by atoms with Crippen LogP contribution in [0.15, 0.2) is 6.07 Å². The smallest absolute Gasteiger partial charge is 0.356 e. The lowest BCUT2D eigenvalue weighted by Crippen LogP contribution is -2.22. The van der Waals surface area contributed by atoms with Gasteiger partial charge in [0, 0.05) is 20.7 Å². The molecule has 7 nitrogen and oxygen atoms in total. The fourth-order valence-corrected chi connectivity index (χ4v) is 2.17. The molecule has 0 amide bonds. The Bertz CT molecular complexity index is 493. The molecule has 0 atom stereocenters. The average Bonchev–Trinajstić information content (AvgIpc) is 2.77. The fourth-order valence-electron chi connectivity index (χ4n) is 1.42. The number of ether oxygens (including phenoxy) is 2. The topological polar surface area (TPSA) is 90.7 Å². The Morgan fingerprint density at radius 2 is 2.05 bits per heavy atom. The Morgan fingerprint density at radius 1 is 1.40 bits per heavy atom. The van der Waals surface area contributed by atoms with E-state index in [0.717, 1.165) is 6.04 Å². The van der Waals surface area contributed by atoms with E-state index in [1.54, 1.807) is 0 Å². The van der Waals surface area contributed by atoms with E-state index in [1.165, 1.54) is 17.9 Å². The van der Waals surface area contributed by atoms with Gasteiger partial charge >= 0.3 is 11.9 Å². The predicted molar refractivity (Wildman–Crippen MR) is 74.6 cm³/mol. The lowest BCUT2D eigenvalue weighted by molar-refractivity contribution is 0.0513. The van der Waals surface area contributed by atoms with Crippen molar-refractivity contribution in [2.24, 2.45) is 0 Å². The Morgan fingerprint density at radius 3 is 2.55 bits per heavy atom. The maximum absolute atomic E-state index is 11.5. The number of methoxy groups -OCH3 is 1. The Balaban J connectivity index is 2.72. The summed E-state index contributed by atoms with van der Waals surface area (Å²) in [5.74, 6) is -1.84. The highest BCUT2D eigenvalue weighted by molar-refractivity contribution is 6.76. The number of rotatable bonds is 7. The van der Waals surface area contributed by atoms with Crippen LogP contribution < -0.4 is 0 Å². The van der Waals surface area contributed by atoms with Gasteiger partial charge in [0.1, 0.15) is 12.4 Å². The molecule has 0 aliphatic carbocycles. The minimum atomic E-state index is -1.20. The monoisotopic (exact) mass is 300 g/mol. The normalized spacial score (nSPS) is 11.4. The second kappa shape index (κ2) is 6.66. The molecule has 0 aliphatic rings. The van der Waals surface area contributed by atoms with E-state index in [0.29, 0.717) is 6.61 Å². The summed E-state index contributed by atoms with van der Waals surface area (Å²) in [7, 11) is 0.0376. The van der Waals surface area contributed by atoms with Crippen LogP contribution in [0, 0.1) is 0 Å². The zero-order valence-corrected chi connectivity index (χ0v) is 13.2. The van der Waals surface area contributed by atoms with Gasteiger partial charge in [-0.15, -0.1) is 0 Å². The zero-order valence-electron chi connectivity index (χ0n) is 12.2. The maximum atomic E-state index is 11.5. The number of carbonyl (C=O) groups is 2. The SMILES string of the molecule is COC(=O)c1cc(C(=O)O)nn1COCC[Si](C)(C)C. The van der Waals surface area contributed by atoms with E-state index < -0.39 is 20.0 Å². The van der Waals surface area contributed by atoms with E-state index >= 15 is 0 Å². The van der Waals surface area contributed by atoms with Crippen molar-refractivity contribution in [3.8, 4) is 0 Å². The van der Waals surface area contributed by atoms with Gasteiger partial charge in [0.05, 0.1) is 7.11 Å². The minimum Gasteiger partial charge on any atom is -0.476 e. The van der Waals surface area contributed by atoms with Crippen LogP contribution in [0.5, 0.6) is 0 Å². The second-order valence-electron chi connectivity index (χ2n) is 5.56. The molecule has 0 bridgehead atoms. The van der Waals surface area contributed by atoms with E-state index in [4.69, 9.17) is 9.84 Å². The first kappa shape index (κ1) is 16.4. The number of hydrogen-bond acceptors (Lipinski definition) is 5. The summed E-state index contributed by atoms with van der Waals surface area (Å²) in [6.45, 7) is 7.27. The highest BCUT2D eigenvalue weighted by atomic mass is 28.3. The maximum Gasteiger partial charge on any atom is 0.356 e. The number of carboxylic acid groups (broad SMARTS) is 1. The summed E-state index contributed by atoms with van der Waals surface area (Å²) < 4.78 is 11.3. The third-order valence-corrected chi connectivity index (χ3v) is 4.31. The first-order valence-corrected chi connectivity index (χ1v) is 9.92. The molecule has 0 fully saturated rings. The van der Waals surface area contributed by atoms with Gasteiger partial charge in [-0.2, -0.15) is 5.10 Å². The molecule has 1 rings (SSSR count). The number of aromatic carboxylic acids is 1. The van der Waals surface area contributed by atoms with Crippen LogP contribution in [-0.4, -0.2) is 48.6 Å². The van der Waals surface area contributed by atoms with Crippen LogP contribution >= 0.6 is 0 Å². The summed E-state index contributed by atoms with van der Waals surface area (Å²) in [5, 5.41) is 12.7. The third kappa shape index (κ3) is 4.78. The van der Waals surface area contributed by atoms with Crippen LogP contribution in [0.2, 0.25) is 25.7 Å². The molecule has 20 heavy (non-hydrogen) atoms. The van der Waals surface area contributed by atoms with Crippen molar-refractivity contribution in [3.63, 3.8) is 0 Å². The quantitative estimate of drug-likeness (QED) is 0.468. The number of aromatic nitrogens is 2. The minimum absolute atomic E-state index is 0.0300. The molecule has 1 N–H and O–H groups in total. The van der Waals surface area contributed by atoms with Crippen molar-refractivity contribution in [1.82, 2.24) is 9.78 Å². The van der Waals surface area contributed by atoms with Crippen molar-refractivity contribution in [2.75, 3.05) is 13.7 Å². The van der Waals surface area contributed by atoms with Gasteiger partial charge < -0.3 is 14.6 Å². The summed E-state index contributed by atoms with van der Waals surface area (Å²) in [6, 6.07) is 2.16.